The summed E-state index contributed by atoms with van der Waals surface area (Å²) in [6.07, 6.45) is 0.921. The lowest BCUT2D eigenvalue weighted by Crippen LogP contribution is -2.17. The number of nitrogens with two attached hydrogens (primary N) is 1. The van der Waals surface area contributed by atoms with Crippen molar-refractivity contribution in [3.63, 3.8) is 0 Å². The van der Waals surface area contributed by atoms with E-state index in [4.69, 9.17) is 5.73 Å². The Hall–Kier alpha value is -0.930. The molecule has 1 unspecified atom stereocenters. The van der Waals surface area contributed by atoms with E-state index in [0.717, 1.165) is 11.9 Å². The van der Waals surface area contributed by atoms with Gasteiger partial charge < -0.3 is 5.73 Å². The molecule has 2 rings (SSSR count). The first-order valence-electron chi connectivity index (χ1n) is 5.71. The SMILES string of the molecule is CC(N)Cc1ccc2sc(C(C)C)nc2c1. The fourth-order valence-electron chi connectivity index (χ4n) is 1.74. The van der Waals surface area contributed by atoms with E-state index in [2.05, 4.69) is 37.0 Å². The van der Waals surface area contributed by atoms with Gasteiger partial charge in [-0.05, 0) is 31.0 Å². The summed E-state index contributed by atoms with van der Waals surface area (Å²) in [5.74, 6) is 0.509. The van der Waals surface area contributed by atoms with Gasteiger partial charge >= 0.3 is 0 Å². The Labute approximate surface area is 101 Å². The highest BCUT2D eigenvalue weighted by atomic mass is 32.1. The largest absolute Gasteiger partial charge is 0.328 e. The minimum atomic E-state index is 0.209. The number of nitrogens with zero attached hydrogens (tertiary/aromatic N) is 1. The molecule has 0 saturated heterocycles. The molecule has 2 aromatic rings. The van der Waals surface area contributed by atoms with Crippen LogP contribution in [0.5, 0.6) is 0 Å². The summed E-state index contributed by atoms with van der Waals surface area (Å²) in [5, 5.41) is 1.22. The fraction of sp³-hybridized carbons (Fsp3) is 0.462. The Kier molecular flexibility index (Phi) is 3.26. The smallest absolute Gasteiger partial charge is 0.0963 e. The summed E-state index contributed by atoms with van der Waals surface area (Å²) in [4.78, 5) is 4.66. The number of rotatable bonds is 3. The van der Waals surface area contributed by atoms with Gasteiger partial charge in [-0.3, -0.25) is 0 Å². The maximum Gasteiger partial charge on any atom is 0.0963 e. The van der Waals surface area contributed by atoms with Crippen LogP contribution in [-0.2, 0) is 6.42 Å². The standard InChI is InChI=1S/C13H18N2S/c1-8(2)13-15-11-7-10(6-9(3)14)4-5-12(11)16-13/h4-5,7-9H,6,14H2,1-3H3. The van der Waals surface area contributed by atoms with Gasteiger partial charge in [-0.2, -0.15) is 0 Å². The summed E-state index contributed by atoms with van der Waals surface area (Å²) in [7, 11) is 0. The molecule has 0 spiro atoms. The first-order valence-corrected chi connectivity index (χ1v) is 6.53. The van der Waals surface area contributed by atoms with Crippen LogP contribution in [-0.4, -0.2) is 11.0 Å². The van der Waals surface area contributed by atoms with Gasteiger partial charge in [0, 0.05) is 12.0 Å². The molecule has 0 fully saturated rings. The van der Waals surface area contributed by atoms with Gasteiger partial charge in [0.05, 0.1) is 15.2 Å². The Morgan fingerprint density at radius 2 is 2.06 bits per heavy atom. The van der Waals surface area contributed by atoms with Crippen molar-refractivity contribution >= 4 is 21.6 Å². The molecule has 1 aromatic heterocycles. The summed E-state index contributed by atoms with van der Waals surface area (Å²) >= 11 is 1.79. The Bertz CT molecular complexity index is 486. The Balaban J connectivity index is 2.38. The summed E-state index contributed by atoms with van der Waals surface area (Å²) in [6.45, 7) is 6.39. The van der Waals surface area contributed by atoms with Gasteiger partial charge in [-0.15, -0.1) is 11.3 Å². The molecule has 0 aliphatic heterocycles. The Morgan fingerprint density at radius 3 is 2.69 bits per heavy atom. The third kappa shape index (κ3) is 2.42. The zero-order valence-corrected chi connectivity index (χ0v) is 10.8. The highest BCUT2D eigenvalue weighted by Crippen LogP contribution is 2.27. The normalized spacial score (nSPS) is 13.6. The van der Waals surface area contributed by atoms with E-state index in [9.17, 15) is 0 Å². The molecular formula is C13H18N2S. The van der Waals surface area contributed by atoms with Crippen molar-refractivity contribution in [2.24, 2.45) is 5.73 Å². The maximum absolute atomic E-state index is 5.80. The molecule has 0 bridgehead atoms. The minimum absolute atomic E-state index is 0.209. The van der Waals surface area contributed by atoms with E-state index in [-0.39, 0.29) is 6.04 Å². The molecule has 0 saturated carbocycles. The van der Waals surface area contributed by atoms with Crippen molar-refractivity contribution in [1.29, 1.82) is 0 Å². The van der Waals surface area contributed by atoms with Crippen LogP contribution < -0.4 is 5.73 Å². The van der Waals surface area contributed by atoms with E-state index in [1.165, 1.54) is 15.3 Å². The third-order valence-corrected chi connectivity index (χ3v) is 3.86. The van der Waals surface area contributed by atoms with Gasteiger partial charge in [-0.1, -0.05) is 19.9 Å². The van der Waals surface area contributed by atoms with Crippen LogP contribution in [0.25, 0.3) is 10.2 Å². The minimum Gasteiger partial charge on any atom is -0.328 e. The molecule has 2 N–H and O–H groups in total. The molecule has 1 aromatic carbocycles. The van der Waals surface area contributed by atoms with Crippen molar-refractivity contribution in [2.75, 3.05) is 0 Å². The number of thiazole rings is 1. The molecule has 0 aliphatic rings. The number of fused-ring (bicyclic) bond motifs is 1. The zero-order chi connectivity index (χ0) is 11.7. The van der Waals surface area contributed by atoms with E-state index < -0.39 is 0 Å². The highest BCUT2D eigenvalue weighted by molar-refractivity contribution is 7.18. The first kappa shape index (κ1) is 11.6. The van der Waals surface area contributed by atoms with Gasteiger partial charge in [0.1, 0.15) is 0 Å². The van der Waals surface area contributed by atoms with E-state index in [0.29, 0.717) is 5.92 Å². The van der Waals surface area contributed by atoms with Crippen LogP contribution >= 0.6 is 11.3 Å². The van der Waals surface area contributed by atoms with Crippen molar-refractivity contribution in [3.8, 4) is 0 Å². The second kappa shape index (κ2) is 4.52. The molecule has 16 heavy (non-hydrogen) atoms. The van der Waals surface area contributed by atoms with E-state index >= 15 is 0 Å². The second-order valence-electron chi connectivity index (χ2n) is 4.69. The monoisotopic (exact) mass is 234 g/mol. The lowest BCUT2D eigenvalue weighted by atomic mass is 10.1. The lowest BCUT2D eigenvalue weighted by molar-refractivity contribution is 0.738. The number of benzene rings is 1. The number of aromatic nitrogens is 1. The Morgan fingerprint density at radius 1 is 1.31 bits per heavy atom. The topological polar surface area (TPSA) is 38.9 Å². The zero-order valence-electron chi connectivity index (χ0n) is 10.0. The van der Waals surface area contributed by atoms with Gasteiger partial charge in [0.2, 0.25) is 0 Å². The first-order chi connectivity index (χ1) is 7.56. The summed E-state index contributed by atoms with van der Waals surface area (Å²) in [5.41, 5.74) is 8.20. The maximum atomic E-state index is 5.80. The van der Waals surface area contributed by atoms with Crippen LogP contribution in [0.4, 0.5) is 0 Å². The molecule has 3 heteroatoms. The molecule has 0 radical (unpaired) electrons. The second-order valence-corrected chi connectivity index (χ2v) is 5.75. The molecule has 86 valence electrons. The molecule has 0 aliphatic carbocycles. The van der Waals surface area contributed by atoms with Gasteiger partial charge in [0.15, 0.2) is 0 Å². The number of hydrogen-bond donors (Lipinski definition) is 1. The predicted molar refractivity (Wildman–Crippen MR) is 71.1 cm³/mol. The highest BCUT2D eigenvalue weighted by Gasteiger charge is 2.08. The van der Waals surface area contributed by atoms with Crippen LogP contribution in [0, 0.1) is 0 Å². The lowest BCUT2D eigenvalue weighted by Gasteiger charge is -2.04. The molecule has 1 atom stereocenters. The number of hydrogen-bond acceptors (Lipinski definition) is 3. The van der Waals surface area contributed by atoms with Crippen molar-refractivity contribution in [1.82, 2.24) is 4.98 Å². The summed E-state index contributed by atoms with van der Waals surface area (Å²) in [6, 6.07) is 6.70. The van der Waals surface area contributed by atoms with E-state index in [1.807, 2.05) is 6.92 Å². The van der Waals surface area contributed by atoms with Crippen LogP contribution in [0.2, 0.25) is 0 Å². The predicted octanol–water partition coefficient (Wildman–Crippen LogP) is 3.31. The third-order valence-electron chi connectivity index (χ3n) is 2.52. The van der Waals surface area contributed by atoms with Gasteiger partial charge in [0.25, 0.3) is 0 Å². The average Bonchev–Trinajstić information content (AvgIpc) is 2.59. The van der Waals surface area contributed by atoms with Crippen LogP contribution in [0.1, 0.15) is 37.3 Å². The van der Waals surface area contributed by atoms with Crippen LogP contribution in [0.15, 0.2) is 18.2 Å². The molecule has 2 nitrogen and oxygen atoms in total. The van der Waals surface area contributed by atoms with E-state index in [1.54, 1.807) is 11.3 Å². The quantitative estimate of drug-likeness (QED) is 0.885. The fourth-order valence-corrected chi connectivity index (χ4v) is 2.69. The van der Waals surface area contributed by atoms with Crippen molar-refractivity contribution in [3.05, 3.63) is 28.8 Å². The molecule has 1 heterocycles. The molecule has 0 amide bonds. The average molecular weight is 234 g/mol. The van der Waals surface area contributed by atoms with Crippen molar-refractivity contribution < 1.29 is 0 Å². The van der Waals surface area contributed by atoms with Crippen molar-refractivity contribution in [2.45, 2.75) is 39.2 Å². The van der Waals surface area contributed by atoms with Gasteiger partial charge in [-0.25, -0.2) is 4.98 Å². The summed E-state index contributed by atoms with van der Waals surface area (Å²) < 4.78 is 1.28. The molecular weight excluding hydrogens is 216 g/mol. The van der Waals surface area contributed by atoms with Crippen LogP contribution in [0.3, 0.4) is 0 Å².